The summed E-state index contributed by atoms with van der Waals surface area (Å²) in [5, 5.41) is 6.45. The van der Waals surface area contributed by atoms with Gasteiger partial charge in [0.2, 0.25) is 5.91 Å². The Hall–Kier alpha value is -2.13. The van der Waals surface area contributed by atoms with Crippen LogP contribution in [0.25, 0.3) is 11.1 Å². The highest BCUT2D eigenvalue weighted by Crippen LogP contribution is 2.32. The van der Waals surface area contributed by atoms with E-state index in [0.29, 0.717) is 6.54 Å². The van der Waals surface area contributed by atoms with Gasteiger partial charge < -0.3 is 10.6 Å². The number of hydrogen-bond acceptors (Lipinski definition) is 2. The van der Waals surface area contributed by atoms with Crippen LogP contribution >= 0.6 is 0 Å². The lowest BCUT2D eigenvalue weighted by Gasteiger charge is -2.36. The lowest BCUT2D eigenvalue weighted by atomic mass is 9.74. The molecule has 0 aliphatic carbocycles. The molecular weight excluding hydrogens is 296 g/mol. The SMILES string of the molecule is CCNC(=O)[C@]1(Cc2ccc(-c3ccccc3)cc2)CCCNC1. The van der Waals surface area contributed by atoms with Crippen LogP contribution in [-0.2, 0) is 11.2 Å². The zero-order valence-electron chi connectivity index (χ0n) is 14.3. The molecule has 24 heavy (non-hydrogen) atoms. The molecule has 1 amide bonds. The highest BCUT2D eigenvalue weighted by molar-refractivity contribution is 5.83. The van der Waals surface area contributed by atoms with Gasteiger partial charge in [-0.2, -0.15) is 0 Å². The van der Waals surface area contributed by atoms with Crippen LogP contribution in [-0.4, -0.2) is 25.5 Å². The molecule has 3 rings (SSSR count). The summed E-state index contributed by atoms with van der Waals surface area (Å²) in [6.45, 7) is 4.44. The lowest BCUT2D eigenvalue weighted by molar-refractivity contribution is -0.132. The first-order valence-electron chi connectivity index (χ1n) is 8.87. The van der Waals surface area contributed by atoms with Gasteiger partial charge in [0.1, 0.15) is 0 Å². The van der Waals surface area contributed by atoms with E-state index in [1.165, 1.54) is 16.7 Å². The second-order valence-corrected chi connectivity index (χ2v) is 6.66. The molecule has 1 atom stereocenters. The molecule has 2 N–H and O–H groups in total. The zero-order valence-corrected chi connectivity index (χ0v) is 14.3. The van der Waals surface area contributed by atoms with Gasteiger partial charge in [-0.25, -0.2) is 0 Å². The molecule has 0 unspecified atom stereocenters. The van der Waals surface area contributed by atoms with Crippen LogP contribution in [0.1, 0.15) is 25.3 Å². The Morgan fingerprint density at radius 3 is 2.42 bits per heavy atom. The number of nitrogens with one attached hydrogen (secondary N) is 2. The third-order valence-electron chi connectivity index (χ3n) is 4.89. The van der Waals surface area contributed by atoms with Crippen molar-refractivity contribution in [2.24, 2.45) is 5.41 Å². The third kappa shape index (κ3) is 3.68. The normalized spacial score (nSPS) is 20.5. The molecule has 3 nitrogen and oxygen atoms in total. The van der Waals surface area contributed by atoms with Gasteiger partial charge in [0.15, 0.2) is 0 Å². The van der Waals surface area contributed by atoms with Crippen molar-refractivity contribution in [2.75, 3.05) is 19.6 Å². The summed E-state index contributed by atoms with van der Waals surface area (Å²) >= 11 is 0. The van der Waals surface area contributed by atoms with E-state index >= 15 is 0 Å². The predicted molar refractivity (Wildman–Crippen MR) is 98.8 cm³/mol. The molecule has 2 aromatic carbocycles. The van der Waals surface area contributed by atoms with Gasteiger partial charge in [0, 0.05) is 13.1 Å². The molecule has 1 aliphatic rings. The highest BCUT2D eigenvalue weighted by atomic mass is 16.2. The number of amides is 1. The Balaban J connectivity index is 1.79. The Bertz CT molecular complexity index is 658. The fraction of sp³-hybridized carbons (Fsp3) is 0.381. The first-order valence-corrected chi connectivity index (χ1v) is 8.87. The van der Waals surface area contributed by atoms with E-state index in [-0.39, 0.29) is 11.3 Å². The van der Waals surface area contributed by atoms with Crippen LogP contribution in [0.3, 0.4) is 0 Å². The number of benzene rings is 2. The van der Waals surface area contributed by atoms with Gasteiger partial charge in [-0.3, -0.25) is 4.79 Å². The van der Waals surface area contributed by atoms with Crippen molar-refractivity contribution in [3.8, 4) is 11.1 Å². The van der Waals surface area contributed by atoms with Gasteiger partial charge >= 0.3 is 0 Å². The van der Waals surface area contributed by atoms with E-state index < -0.39 is 0 Å². The van der Waals surface area contributed by atoms with E-state index in [0.717, 1.165) is 32.4 Å². The summed E-state index contributed by atoms with van der Waals surface area (Å²) in [7, 11) is 0. The summed E-state index contributed by atoms with van der Waals surface area (Å²) in [6, 6.07) is 19.0. The molecule has 0 bridgehead atoms. The summed E-state index contributed by atoms with van der Waals surface area (Å²) < 4.78 is 0. The number of carbonyl (C=O) groups excluding carboxylic acids is 1. The molecule has 1 saturated heterocycles. The average Bonchev–Trinajstić information content (AvgIpc) is 2.64. The molecule has 2 aromatic rings. The maximum absolute atomic E-state index is 12.7. The lowest BCUT2D eigenvalue weighted by Crippen LogP contribution is -2.51. The highest BCUT2D eigenvalue weighted by Gasteiger charge is 2.39. The first-order chi connectivity index (χ1) is 11.7. The maximum Gasteiger partial charge on any atom is 0.227 e. The minimum atomic E-state index is -0.317. The van der Waals surface area contributed by atoms with Crippen molar-refractivity contribution >= 4 is 5.91 Å². The Morgan fingerprint density at radius 2 is 1.79 bits per heavy atom. The molecule has 126 valence electrons. The monoisotopic (exact) mass is 322 g/mol. The van der Waals surface area contributed by atoms with Crippen LogP contribution in [0.15, 0.2) is 54.6 Å². The summed E-state index contributed by atoms with van der Waals surface area (Å²) in [4.78, 5) is 12.7. The van der Waals surface area contributed by atoms with E-state index in [9.17, 15) is 4.79 Å². The fourth-order valence-electron chi connectivity index (χ4n) is 3.58. The summed E-state index contributed by atoms with van der Waals surface area (Å²) in [6.07, 6.45) is 2.80. The predicted octanol–water partition coefficient (Wildman–Crippen LogP) is 3.40. The van der Waals surface area contributed by atoms with Crippen molar-refractivity contribution in [3.05, 3.63) is 60.2 Å². The standard InChI is InChI=1S/C21H26N2O/c1-2-23-20(24)21(13-6-14-22-16-21)15-17-9-11-19(12-10-17)18-7-4-3-5-8-18/h3-5,7-12,22H,2,6,13-16H2,1H3,(H,23,24)/t21-/m0/s1. The van der Waals surface area contributed by atoms with E-state index in [1.807, 2.05) is 13.0 Å². The van der Waals surface area contributed by atoms with Crippen molar-refractivity contribution < 1.29 is 4.79 Å². The van der Waals surface area contributed by atoms with Gasteiger partial charge in [-0.15, -0.1) is 0 Å². The van der Waals surface area contributed by atoms with Crippen LogP contribution in [0.5, 0.6) is 0 Å². The molecule has 1 fully saturated rings. The minimum absolute atomic E-state index is 0.185. The third-order valence-corrected chi connectivity index (χ3v) is 4.89. The number of hydrogen-bond donors (Lipinski definition) is 2. The second kappa shape index (κ2) is 7.63. The molecule has 1 heterocycles. The van der Waals surface area contributed by atoms with Gasteiger partial charge in [-0.05, 0) is 49.4 Å². The second-order valence-electron chi connectivity index (χ2n) is 6.66. The molecule has 0 spiro atoms. The first kappa shape index (κ1) is 16.7. The van der Waals surface area contributed by atoms with E-state index in [4.69, 9.17) is 0 Å². The number of piperidine rings is 1. The molecule has 0 aromatic heterocycles. The van der Waals surface area contributed by atoms with Crippen LogP contribution in [0.4, 0.5) is 0 Å². The van der Waals surface area contributed by atoms with Gasteiger partial charge in [-0.1, -0.05) is 54.6 Å². The van der Waals surface area contributed by atoms with Crippen LogP contribution in [0, 0.1) is 5.41 Å². The smallest absolute Gasteiger partial charge is 0.227 e. The van der Waals surface area contributed by atoms with Gasteiger partial charge in [0.25, 0.3) is 0 Å². The Labute approximate surface area is 144 Å². The summed E-state index contributed by atoms with van der Waals surface area (Å²) in [5.41, 5.74) is 3.35. The Morgan fingerprint density at radius 1 is 1.08 bits per heavy atom. The Kier molecular flexibility index (Phi) is 5.31. The molecule has 3 heteroatoms. The van der Waals surface area contributed by atoms with Gasteiger partial charge in [0.05, 0.1) is 5.41 Å². The molecular formula is C21H26N2O. The average molecular weight is 322 g/mol. The summed E-state index contributed by atoms with van der Waals surface area (Å²) in [5.74, 6) is 0.185. The van der Waals surface area contributed by atoms with Crippen molar-refractivity contribution in [1.29, 1.82) is 0 Å². The molecule has 0 radical (unpaired) electrons. The van der Waals surface area contributed by atoms with Crippen LogP contribution in [0.2, 0.25) is 0 Å². The van der Waals surface area contributed by atoms with Crippen LogP contribution < -0.4 is 10.6 Å². The maximum atomic E-state index is 12.7. The van der Waals surface area contributed by atoms with Crippen molar-refractivity contribution in [1.82, 2.24) is 10.6 Å². The number of rotatable bonds is 5. The number of carbonyl (C=O) groups is 1. The van der Waals surface area contributed by atoms with Crippen molar-refractivity contribution in [2.45, 2.75) is 26.2 Å². The topological polar surface area (TPSA) is 41.1 Å². The minimum Gasteiger partial charge on any atom is -0.356 e. The quantitative estimate of drug-likeness (QED) is 0.886. The largest absolute Gasteiger partial charge is 0.356 e. The van der Waals surface area contributed by atoms with Crippen molar-refractivity contribution in [3.63, 3.8) is 0 Å². The fourth-order valence-corrected chi connectivity index (χ4v) is 3.58. The molecule has 0 saturated carbocycles. The van der Waals surface area contributed by atoms with E-state index in [1.54, 1.807) is 0 Å². The molecule has 1 aliphatic heterocycles. The van der Waals surface area contributed by atoms with E-state index in [2.05, 4.69) is 59.2 Å². The zero-order chi connectivity index (χ0) is 16.8.